The number of hydrogen-bond donors (Lipinski definition) is 1. The zero-order valence-corrected chi connectivity index (χ0v) is 12.6. The van der Waals surface area contributed by atoms with Crippen LogP contribution in [0.2, 0.25) is 0 Å². The fourth-order valence-electron chi connectivity index (χ4n) is 1.64. The van der Waals surface area contributed by atoms with Gasteiger partial charge in [-0.1, -0.05) is 26.7 Å². The van der Waals surface area contributed by atoms with E-state index in [1.54, 1.807) is 7.05 Å². The fraction of sp³-hybridized carbons (Fsp3) is 1.00. The van der Waals surface area contributed by atoms with Gasteiger partial charge in [-0.3, -0.25) is 0 Å². The third kappa shape index (κ3) is 6.04. The summed E-state index contributed by atoms with van der Waals surface area (Å²) < 4.78 is 25.3. The molecule has 0 aromatic rings. The molecule has 17 heavy (non-hydrogen) atoms. The summed E-state index contributed by atoms with van der Waals surface area (Å²) in [5.74, 6) is 0.945. The van der Waals surface area contributed by atoms with Crippen molar-refractivity contribution in [2.45, 2.75) is 33.1 Å². The van der Waals surface area contributed by atoms with E-state index in [1.165, 1.54) is 17.1 Å². The Bertz CT molecular complexity index is 326. The van der Waals surface area contributed by atoms with Gasteiger partial charge in [-0.25, -0.2) is 12.7 Å². The van der Waals surface area contributed by atoms with Gasteiger partial charge in [0.25, 0.3) is 0 Å². The molecule has 1 saturated carbocycles. The van der Waals surface area contributed by atoms with E-state index in [2.05, 4.69) is 0 Å². The van der Waals surface area contributed by atoms with Crippen LogP contribution in [0, 0.1) is 11.3 Å². The Morgan fingerprint density at radius 3 is 2.29 bits per heavy atom. The molecular weight excluding hydrogens is 260 g/mol. The van der Waals surface area contributed by atoms with E-state index in [-0.39, 0.29) is 23.6 Å². The van der Waals surface area contributed by atoms with Crippen molar-refractivity contribution in [2.24, 2.45) is 17.1 Å². The Morgan fingerprint density at radius 1 is 1.35 bits per heavy atom. The van der Waals surface area contributed by atoms with Gasteiger partial charge in [0.1, 0.15) is 0 Å². The number of rotatable bonds is 7. The lowest BCUT2D eigenvalue weighted by Gasteiger charge is -2.28. The molecule has 1 aliphatic carbocycles. The molecule has 0 spiro atoms. The lowest BCUT2D eigenvalue weighted by molar-refractivity contribution is 0.291. The average molecular weight is 285 g/mol. The van der Waals surface area contributed by atoms with Crippen molar-refractivity contribution in [3.8, 4) is 0 Å². The highest BCUT2D eigenvalue weighted by molar-refractivity contribution is 7.89. The molecule has 0 saturated heterocycles. The first-order valence-electron chi connectivity index (χ1n) is 5.91. The van der Waals surface area contributed by atoms with Crippen LogP contribution in [0.25, 0.3) is 0 Å². The van der Waals surface area contributed by atoms with Crippen LogP contribution in [-0.2, 0) is 10.0 Å². The van der Waals surface area contributed by atoms with Crippen LogP contribution in [0.1, 0.15) is 33.1 Å². The van der Waals surface area contributed by atoms with E-state index in [4.69, 9.17) is 5.73 Å². The zero-order valence-electron chi connectivity index (χ0n) is 11.0. The predicted molar refractivity (Wildman–Crippen MR) is 73.8 cm³/mol. The van der Waals surface area contributed by atoms with Crippen molar-refractivity contribution >= 4 is 22.4 Å². The second-order valence-corrected chi connectivity index (χ2v) is 7.87. The minimum atomic E-state index is -3.08. The van der Waals surface area contributed by atoms with Crippen LogP contribution in [0.5, 0.6) is 0 Å². The van der Waals surface area contributed by atoms with Crippen molar-refractivity contribution in [2.75, 3.05) is 25.9 Å². The van der Waals surface area contributed by atoms with E-state index in [0.717, 1.165) is 6.42 Å². The van der Waals surface area contributed by atoms with Gasteiger partial charge < -0.3 is 5.73 Å². The van der Waals surface area contributed by atoms with Gasteiger partial charge in [0.15, 0.2) is 0 Å². The SMILES string of the molecule is CN(CC(C)(C)CN)S(=O)(=O)CCC1CC1.Cl. The second-order valence-electron chi connectivity index (χ2n) is 5.67. The highest BCUT2D eigenvalue weighted by Crippen LogP contribution is 2.33. The van der Waals surface area contributed by atoms with Crippen molar-refractivity contribution in [1.29, 1.82) is 0 Å². The highest BCUT2D eigenvalue weighted by Gasteiger charge is 2.28. The Hall–Kier alpha value is 0.160. The molecular formula is C11H25ClN2O2S. The highest BCUT2D eigenvalue weighted by atomic mass is 35.5. The molecule has 0 amide bonds. The smallest absolute Gasteiger partial charge is 0.213 e. The minimum Gasteiger partial charge on any atom is -0.330 e. The van der Waals surface area contributed by atoms with Crippen molar-refractivity contribution in [1.82, 2.24) is 4.31 Å². The molecule has 0 aromatic carbocycles. The quantitative estimate of drug-likeness (QED) is 0.770. The molecule has 1 aliphatic rings. The van der Waals surface area contributed by atoms with Gasteiger partial charge in [0.2, 0.25) is 10.0 Å². The monoisotopic (exact) mass is 284 g/mol. The number of nitrogens with two attached hydrogens (primary N) is 1. The molecule has 0 heterocycles. The van der Waals surface area contributed by atoms with Gasteiger partial charge in [-0.2, -0.15) is 0 Å². The van der Waals surface area contributed by atoms with Crippen molar-refractivity contribution in [3.05, 3.63) is 0 Å². The zero-order chi connectivity index (χ0) is 12.4. The predicted octanol–water partition coefficient (Wildman–Crippen LogP) is 1.45. The first-order chi connectivity index (χ1) is 7.27. The standard InChI is InChI=1S/C11H24N2O2S.ClH/c1-11(2,8-12)9-13(3)16(14,15)7-6-10-4-5-10;/h10H,4-9,12H2,1-3H3;1H. The van der Waals surface area contributed by atoms with E-state index in [0.29, 0.717) is 19.0 Å². The number of halogens is 1. The molecule has 1 rings (SSSR count). The van der Waals surface area contributed by atoms with Crippen molar-refractivity contribution in [3.63, 3.8) is 0 Å². The van der Waals surface area contributed by atoms with E-state index in [9.17, 15) is 8.42 Å². The van der Waals surface area contributed by atoms with Gasteiger partial charge in [-0.15, -0.1) is 12.4 Å². The van der Waals surface area contributed by atoms with Gasteiger partial charge in [0, 0.05) is 13.6 Å². The largest absolute Gasteiger partial charge is 0.330 e. The maximum absolute atomic E-state index is 11.9. The molecule has 4 nitrogen and oxygen atoms in total. The van der Waals surface area contributed by atoms with Gasteiger partial charge in [-0.05, 0) is 24.3 Å². The summed E-state index contributed by atoms with van der Waals surface area (Å²) in [4.78, 5) is 0. The average Bonchev–Trinajstić information content (AvgIpc) is 2.97. The first kappa shape index (κ1) is 17.2. The second kappa shape index (κ2) is 6.36. The van der Waals surface area contributed by atoms with Crippen LogP contribution in [0.4, 0.5) is 0 Å². The van der Waals surface area contributed by atoms with E-state index >= 15 is 0 Å². The number of nitrogens with zero attached hydrogens (tertiary/aromatic N) is 1. The summed E-state index contributed by atoms with van der Waals surface area (Å²) in [6.07, 6.45) is 3.22. The van der Waals surface area contributed by atoms with Gasteiger partial charge in [0.05, 0.1) is 5.75 Å². The molecule has 0 aromatic heterocycles. The van der Waals surface area contributed by atoms with Crippen LogP contribution in [0.15, 0.2) is 0 Å². The third-order valence-corrected chi connectivity index (χ3v) is 4.99. The van der Waals surface area contributed by atoms with Crippen LogP contribution >= 0.6 is 12.4 Å². The molecule has 0 atom stereocenters. The summed E-state index contributed by atoms with van der Waals surface area (Å²) in [7, 11) is -1.43. The van der Waals surface area contributed by atoms with Crippen LogP contribution < -0.4 is 5.73 Å². The molecule has 0 aliphatic heterocycles. The molecule has 0 bridgehead atoms. The summed E-state index contributed by atoms with van der Waals surface area (Å²) >= 11 is 0. The molecule has 104 valence electrons. The topological polar surface area (TPSA) is 63.4 Å². The van der Waals surface area contributed by atoms with E-state index in [1.807, 2.05) is 13.8 Å². The normalized spacial score (nSPS) is 17.0. The van der Waals surface area contributed by atoms with Crippen molar-refractivity contribution < 1.29 is 8.42 Å². The minimum absolute atomic E-state index is 0. The summed E-state index contributed by atoms with van der Waals surface area (Å²) in [6.45, 7) is 4.96. The third-order valence-electron chi connectivity index (χ3n) is 3.16. The Labute approximate surface area is 111 Å². The first-order valence-corrected chi connectivity index (χ1v) is 7.52. The van der Waals surface area contributed by atoms with Crippen LogP contribution in [0.3, 0.4) is 0 Å². The Morgan fingerprint density at radius 2 is 1.88 bits per heavy atom. The summed E-state index contributed by atoms with van der Waals surface area (Å²) in [6, 6.07) is 0. The van der Waals surface area contributed by atoms with Crippen LogP contribution in [-0.4, -0.2) is 38.6 Å². The molecule has 0 unspecified atom stereocenters. The lowest BCUT2D eigenvalue weighted by atomic mass is 9.94. The fourth-order valence-corrected chi connectivity index (χ4v) is 3.13. The van der Waals surface area contributed by atoms with E-state index < -0.39 is 10.0 Å². The maximum atomic E-state index is 11.9. The lowest BCUT2D eigenvalue weighted by Crippen LogP contribution is -2.40. The Kier molecular flexibility index (Phi) is 6.42. The summed E-state index contributed by atoms with van der Waals surface area (Å²) in [5.41, 5.74) is 5.46. The van der Waals surface area contributed by atoms with Gasteiger partial charge >= 0.3 is 0 Å². The number of sulfonamides is 1. The number of hydrogen-bond acceptors (Lipinski definition) is 3. The summed E-state index contributed by atoms with van der Waals surface area (Å²) in [5, 5.41) is 0. The molecule has 6 heteroatoms. The molecule has 1 fully saturated rings. The molecule has 2 N–H and O–H groups in total. The Balaban J connectivity index is 0.00000256. The maximum Gasteiger partial charge on any atom is 0.213 e. The molecule has 0 radical (unpaired) electrons.